The third-order valence-corrected chi connectivity index (χ3v) is 16.9. The third-order valence-electron chi connectivity index (χ3n) is 15.0. The van der Waals surface area contributed by atoms with Gasteiger partial charge in [0.15, 0.2) is 12.2 Å². The van der Waals surface area contributed by atoms with Crippen LogP contribution in [0, 0.1) is 0 Å². The fraction of sp³-hybridized carbons (Fsp3) is 0.630. The van der Waals surface area contributed by atoms with Crippen LogP contribution >= 0.6 is 15.6 Å². The van der Waals surface area contributed by atoms with Crippen LogP contribution in [0.5, 0.6) is 0 Å². The second-order valence-corrected chi connectivity index (χ2v) is 27.4. The second kappa shape index (κ2) is 72.0. The van der Waals surface area contributed by atoms with Gasteiger partial charge in [-0.25, -0.2) is 9.13 Å². The van der Waals surface area contributed by atoms with Crippen LogP contribution in [0.15, 0.2) is 158 Å². The van der Waals surface area contributed by atoms with Crippen LogP contribution in [-0.4, -0.2) is 96.7 Å². The molecule has 0 bridgehead atoms. The molecule has 0 saturated heterocycles. The van der Waals surface area contributed by atoms with E-state index < -0.39 is 97.5 Å². The van der Waals surface area contributed by atoms with E-state index >= 15 is 0 Å². The summed E-state index contributed by atoms with van der Waals surface area (Å²) in [5, 5.41) is 10.6. The van der Waals surface area contributed by atoms with E-state index in [0.29, 0.717) is 32.1 Å². The number of aliphatic hydroxyl groups is 1. The molecule has 0 heterocycles. The number of esters is 4. The summed E-state index contributed by atoms with van der Waals surface area (Å²) in [6.07, 6.45) is 82.9. The van der Waals surface area contributed by atoms with Crippen LogP contribution in [0.25, 0.3) is 0 Å². The molecule has 3 N–H and O–H groups in total. The summed E-state index contributed by atoms with van der Waals surface area (Å²) in [7, 11) is -10.0. The molecule has 0 aromatic heterocycles. The quantitative estimate of drug-likeness (QED) is 0.0169. The molecule has 5 unspecified atom stereocenters. The van der Waals surface area contributed by atoms with Gasteiger partial charge in [0, 0.05) is 19.3 Å². The van der Waals surface area contributed by atoms with Crippen molar-refractivity contribution in [1.29, 1.82) is 0 Å². The molecule has 0 fully saturated rings. The van der Waals surface area contributed by atoms with E-state index in [1.54, 1.807) is 6.08 Å². The first kappa shape index (κ1) is 94.7. The summed E-state index contributed by atoms with van der Waals surface area (Å²) in [6, 6.07) is 0. The fourth-order valence-electron chi connectivity index (χ4n) is 9.35. The van der Waals surface area contributed by atoms with Gasteiger partial charge in [-0.2, -0.15) is 0 Å². The highest BCUT2D eigenvalue weighted by Crippen LogP contribution is 2.45. The number of carbonyl (C=O) groups excluding carboxylic acids is 4. The number of phosphoric ester groups is 2. The first-order valence-electron chi connectivity index (χ1n) is 37.7. The lowest BCUT2D eigenvalue weighted by Crippen LogP contribution is -2.30. The standard InChI is InChI=1S/C81H132O17P2/c1-5-9-13-17-21-25-29-32-35-36-37-38-41-43-47-50-54-58-62-66-79(84)92-72-77(98-81(86)68-64-60-56-52-48-44-40-34-31-27-23-19-15-11-7-3)74-96-100(89,90)94-70-75(82)69-93-99(87,88)95-73-76(97-80(85)67-63-59-55-51-45-28-24-20-16-12-8-4)71-91-78(83)65-61-57-53-49-46-42-39-33-30-26-22-18-14-10-6-2/h9-10,13-14,21-23,25-27,32-35,37-40,43,46-47,49,54,57-58,61,75-77,82H,5-8,11-12,15-20,24,28-31,36,41-42,44-45,48,50-53,55-56,59-60,62-74H2,1-4H3,(H,87,88)(H,89,90)/b13-9-,14-10-,25-21-,26-22-,27-23-,35-32-,38-37-,39-33-,40-34-,47-43-,49-46-,58-54-,61-57-. The maximum atomic E-state index is 13.1. The van der Waals surface area contributed by atoms with Gasteiger partial charge in [0.05, 0.1) is 32.8 Å². The zero-order chi connectivity index (χ0) is 73.2. The number of hydrogen-bond acceptors (Lipinski definition) is 15. The van der Waals surface area contributed by atoms with Crippen LogP contribution in [0.2, 0.25) is 0 Å². The highest BCUT2D eigenvalue weighted by molar-refractivity contribution is 7.47. The lowest BCUT2D eigenvalue weighted by Gasteiger charge is -2.21. The molecule has 0 aliphatic carbocycles. The highest BCUT2D eigenvalue weighted by Gasteiger charge is 2.30. The summed E-state index contributed by atoms with van der Waals surface area (Å²) in [6.45, 7) is 4.37. The smallest absolute Gasteiger partial charge is 0.462 e. The summed E-state index contributed by atoms with van der Waals surface area (Å²) < 4.78 is 68.2. The molecular weight excluding hydrogens is 1310 g/mol. The lowest BCUT2D eigenvalue weighted by molar-refractivity contribution is -0.161. The van der Waals surface area contributed by atoms with E-state index in [1.165, 1.54) is 57.8 Å². The molecule has 5 atom stereocenters. The van der Waals surface area contributed by atoms with Crippen molar-refractivity contribution in [3.8, 4) is 0 Å². The van der Waals surface area contributed by atoms with Crippen molar-refractivity contribution in [2.75, 3.05) is 39.6 Å². The van der Waals surface area contributed by atoms with Gasteiger partial charge in [-0.3, -0.25) is 37.3 Å². The molecule has 0 amide bonds. The summed E-state index contributed by atoms with van der Waals surface area (Å²) in [5.41, 5.74) is 0. The first-order chi connectivity index (χ1) is 48.7. The molecule has 19 heteroatoms. The predicted octanol–water partition coefficient (Wildman–Crippen LogP) is 21.7. The third kappa shape index (κ3) is 71.1. The Morgan fingerprint density at radius 1 is 0.300 bits per heavy atom. The zero-order valence-electron chi connectivity index (χ0n) is 61.8. The van der Waals surface area contributed by atoms with Gasteiger partial charge in [0.2, 0.25) is 0 Å². The number of rotatable bonds is 69. The number of aliphatic hydroxyl groups excluding tert-OH is 1. The van der Waals surface area contributed by atoms with Crippen molar-refractivity contribution in [1.82, 2.24) is 0 Å². The SMILES string of the molecule is CC/C=C\C/C=C\C/C=C\C/C=C\C/C=C\C/C=C\CCC(=O)OCC(COP(=O)(O)OCC(O)COP(=O)(O)OCC(COC(=O)C/C=C\C/C=C\C/C=C\C/C=C\C/C=C\CC)OC(=O)CCCCCCCCCCCCC)OC(=O)CCCCCCC/C=C\C/C=C\CCCCC. The molecule has 0 aliphatic rings. The number of allylic oxidation sites excluding steroid dienone is 25. The van der Waals surface area contributed by atoms with Gasteiger partial charge < -0.3 is 33.8 Å². The molecular formula is C81H132O17P2. The molecule has 0 spiro atoms. The Kier molecular flexibility index (Phi) is 68.2. The van der Waals surface area contributed by atoms with E-state index in [9.17, 15) is 43.2 Å². The largest absolute Gasteiger partial charge is 0.472 e. The molecule has 100 heavy (non-hydrogen) atoms. The van der Waals surface area contributed by atoms with Gasteiger partial charge in [-0.1, -0.05) is 282 Å². The zero-order valence-corrected chi connectivity index (χ0v) is 63.6. The molecule has 568 valence electrons. The van der Waals surface area contributed by atoms with E-state index in [2.05, 4.69) is 143 Å². The average molecular weight is 1440 g/mol. The summed E-state index contributed by atoms with van der Waals surface area (Å²) in [5.74, 6) is -2.45. The van der Waals surface area contributed by atoms with Gasteiger partial charge in [-0.05, 0) is 122 Å². The number of hydrogen-bond donors (Lipinski definition) is 3. The van der Waals surface area contributed by atoms with E-state index in [4.69, 9.17) is 37.0 Å². The normalized spacial score (nSPS) is 14.8. The van der Waals surface area contributed by atoms with Crippen LogP contribution < -0.4 is 0 Å². The molecule has 0 radical (unpaired) electrons. The van der Waals surface area contributed by atoms with Crippen molar-refractivity contribution in [2.24, 2.45) is 0 Å². The van der Waals surface area contributed by atoms with Gasteiger partial charge in [0.25, 0.3) is 0 Å². The van der Waals surface area contributed by atoms with Crippen molar-refractivity contribution < 1.29 is 80.2 Å². The number of unbranched alkanes of at least 4 members (excludes halogenated alkanes) is 18. The van der Waals surface area contributed by atoms with Crippen molar-refractivity contribution in [2.45, 2.75) is 290 Å². The Balaban J connectivity index is 5.48. The van der Waals surface area contributed by atoms with Crippen LogP contribution in [0.4, 0.5) is 0 Å². The highest BCUT2D eigenvalue weighted by atomic mass is 31.2. The minimum atomic E-state index is -5.00. The fourth-order valence-corrected chi connectivity index (χ4v) is 10.9. The molecule has 0 saturated carbocycles. The van der Waals surface area contributed by atoms with E-state index in [0.717, 1.165) is 128 Å². The summed E-state index contributed by atoms with van der Waals surface area (Å²) >= 11 is 0. The molecule has 0 rings (SSSR count). The van der Waals surface area contributed by atoms with Gasteiger partial charge >= 0.3 is 39.5 Å². The second-order valence-electron chi connectivity index (χ2n) is 24.5. The maximum Gasteiger partial charge on any atom is 0.472 e. The minimum absolute atomic E-state index is 0.0268. The summed E-state index contributed by atoms with van der Waals surface area (Å²) in [4.78, 5) is 72.7. The molecule has 0 aromatic rings. The first-order valence-corrected chi connectivity index (χ1v) is 40.7. The van der Waals surface area contributed by atoms with Crippen LogP contribution in [-0.2, 0) is 65.4 Å². The lowest BCUT2D eigenvalue weighted by atomic mass is 10.1. The van der Waals surface area contributed by atoms with Gasteiger partial charge in [-0.15, -0.1) is 0 Å². The average Bonchev–Trinajstić information content (AvgIpc) is 0.985. The Labute approximate surface area is 604 Å². The number of phosphoric acid groups is 2. The predicted molar refractivity (Wildman–Crippen MR) is 408 cm³/mol. The topological polar surface area (TPSA) is 237 Å². The number of ether oxygens (including phenoxy) is 4. The Bertz CT molecular complexity index is 2520. The van der Waals surface area contributed by atoms with Crippen LogP contribution in [0.1, 0.15) is 272 Å². The van der Waals surface area contributed by atoms with E-state index in [1.807, 2.05) is 36.5 Å². The van der Waals surface area contributed by atoms with E-state index in [-0.39, 0.29) is 25.7 Å². The number of carbonyl (C=O) groups is 4. The van der Waals surface area contributed by atoms with Crippen molar-refractivity contribution in [3.05, 3.63) is 158 Å². The van der Waals surface area contributed by atoms with Crippen molar-refractivity contribution >= 4 is 39.5 Å². The Hall–Kier alpha value is -5.32. The molecule has 17 nitrogen and oxygen atoms in total. The Morgan fingerprint density at radius 2 is 0.580 bits per heavy atom. The van der Waals surface area contributed by atoms with Gasteiger partial charge in [0.1, 0.15) is 19.3 Å². The van der Waals surface area contributed by atoms with Crippen molar-refractivity contribution in [3.63, 3.8) is 0 Å². The monoisotopic (exact) mass is 1440 g/mol. The molecule has 0 aliphatic heterocycles. The Morgan fingerprint density at radius 3 is 0.950 bits per heavy atom. The van der Waals surface area contributed by atoms with Crippen LogP contribution in [0.3, 0.4) is 0 Å². The maximum absolute atomic E-state index is 13.1. The molecule has 0 aromatic carbocycles. The minimum Gasteiger partial charge on any atom is -0.462 e.